The summed E-state index contributed by atoms with van der Waals surface area (Å²) in [5.41, 5.74) is 1.40. The summed E-state index contributed by atoms with van der Waals surface area (Å²) in [6, 6.07) is 14.6. The number of carbonyl (C=O) groups is 2. The van der Waals surface area contributed by atoms with Crippen molar-refractivity contribution >= 4 is 18.0 Å². The summed E-state index contributed by atoms with van der Waals surface area (Å²) in [4.78, 5) is 23.5. The average molecular weight is 366 g/mol. The maximum absolute atomic E-state index is 11.7. The number of ether oxygens (including phenoxy) is 1. The molecular formula is C20H18N2O5. The lowest BCUT2D eigenvalue weighted by atomic mass is 10.2. The number of benzene rings is 1. The van der Waals surface area contributed by atoms with E-state index in [-0.39, 0.29) is 25.5 Å². The van der Waals surface area contributed by atoms with Crippen molar-refractivity contribution in [2.24, 2.45) is 0 Å². The number of aromatic nitrogens is 1. The molecule has 0 saturated carbocycles. The van der Waals surface area contributed by atoms with Gasteiger partial charge in [-0.2, -0.15) is 0 Å². The molecule has 3 rings (SSSR count). The van der Waals surface area contributed by atoms with Crippen molar-refractivity contribution in [2.45, 2.75) is 13.0 Å². The van der Waals surface area contributed by atoms with E-state index in [1.165, 1.54) is 12.3 Å². The van der Waals surface area contributed by atoms with E-state index in [4.69, 9.17) is 13.7 Å². The highest BCUT2D eigenvalue weighted by molar-refractivity contribution is 5.91. The van der Waals surface area contributed by atoms with Crippen molar-refractivity contribution in [3.8, 4) is 11.5 Å². The van der Waals surface area contributed by atoms with Crippen molar-refractivity contribution in [1.82, 2.24) is 10.5 Å². The van der Waals surface area contributed by atoms with Crippen LogP contribution in [0.2, 0.25) is 0 Å². The number of nitrogens with one attached hydrogen (secondary N) is 1. The first kappa shape index (κ1) is 18.2. The van der Waals surface area contributed by atoms with Gasteiger partial charge in [0.2, 0.25) is 11.7 Å². The lowest BCUT2D eigenvalue weighted by molar-refractivity contribution is -0.145. The Hall–Kier alpha value is -3.61. The topological polar surface area (TPSA) is 94.6 Å². The minimum absolute atomic E-state index is 0.00903. The Balaban J connectivity index is 1.35. The molecule has 27 heavy (non-hydrogen) atoms. The first-order valence-electron chi connectivity index (χ1n) is 8.37. The zero-order chi connectivity index (χ0) is 18.9. The fraction of sp³-hybridized carbons (Fsp3) is 0.150. The smallest absolute Gasteiger partial charge is 0.307 e. The van der Waals surface area contributed by atoms with Crippen LogP contribution in [0.3, 0.4) is 0 Å². The van der Waals surface area contributed by atoms with E-state index in [0.29, 0.717) is 17.2 Å². The van der Waals surface area contributed by atoms with Crippen LogP contribution in [0.4, 0.5) is 0 Å². The maximum Gasteiger partial charge on any atom is 0.307 e. The Kier molecular flexibility index (Phi) is 6.19. The third-order valence-corrected chi connectivity index (χ3v) is 3.56. The van der Waals surface area contributed by atoms with Gasteiger partial charge in [-0.05, 0) is 23.8 Å². The molecule has 3 aromatic rings. The third kappa shape index (κ3) is 5.71. The van der Waals surface area contributed by atoms with Crippen molar-refractivity contribution in [2.75, 3.05) is 6.54 Å². The molecule has 0 saturated heterocycles. The molecule has 1 aromatic carbocycles. The van der Waals surface area contributed by atoms with Crippen molar-refractivity contribution < 1.29 is 23.3 Å². The highest BCUT2D eigenvalue weighted by Gasteiger charge is 2.11. The Bertz CT molecular complexity index is 898. The molecule has 7 heteroatoms. The second-order valence-corrected chi connectivity index (χ2v) is 5.61. The number of nitrogens with zero attached hydrogens (tertiary/aromatic N) is 1. The van der Waals surface area contributed by atoms with E-state index < -0.39 is 5.97 Å². The number of hydrogen-bond acceptors (Lipinski definition) is 6. The normalized spacial score (nSPS) is 10.8. The molecule has 7 nitrogen and oxygen atoms in total. The highest BCUT2D eigenvalue weighted by atomic mass is 16.5. The summed E-state index contributed by atoms with van der Waals surface area (Å²) in [5.74, 6) is 0.297. The first-order chi connectivity index (χ1) is 13.2. The van der Waals surface area contributed by atoms with Gasteiger partial charge >= 0.3 is 5.97 Å². The predicted molar refractivity (Wildman–Crippen MR) is 97.1 cm³/mol. The number of carbonyl (C=O) groups excluding carboxylic acids is 2. The molecular weight excluding hydrogens is 348 g/mol. The van der Waals surface area contributed by atoms with E-state index in [2.05, 4.69) is 10.5 Å². The lowest BCUT2D eigenvalue weighted by Gasteiger charge is -2.03. The lowest BCUT2D eigenvalue weighted by Crippen LogP contribution is -2.24. The Labute approximate surface area is 155 Å². The van der Waals surface area contributed by atoms with Gasteiger partial charge in [0, 0.05) is 18.7 Å². The molecule has 0 aliphatic heterocycles. The third-order valence-electron chi connectivity index (χ3n) is 3.56. The number of rotatable bonds is 8. The van der Waals surface area contributed by atoms with Gasteiger partial charge in [0.15, 0.2) is 5.76 Å². The summed E-state index contributed by atoms with van der Waals surface area (Å²) < 4.78 is 15.4. The Morgan fingerprint density at radius 2 is 1.96 bits per heavy atom. The molecule has 0 spiro atoms. The minimum atomic E-state index is -0.440. The summed E-state index contributed by atoms with van der Waals surface area (Å²) >= 11 is 0. The molecule has 138 valence electrons. The van der Waals surface area contributed by atoms with E-state index >= 15 is 0 Å². The van der Waals surface area contributed by atoms with E-state index in [1.807, 2.05) is 30.3 Å². The van der Waals surface area contributed by atoms with Gasteiger partial charge in [0.1, 0.15) is 12.3 Å². The van der Waals surface area contributed by atoms with Gasteiger partial charge in [-0.15, -0.1) is 0 Å². The van der Waals surface area contributed by atoms with Crippen LogP contribution in [0.1, 0.15) is 17.7 Å². The van der Waals surface area contributed by atoms with Gasteiger partial charge in [-0.3, -0.25) is 9.59 Å². The molecule has 0 unspecified atom stereocenters. The molecule has 0 radical (unpaired) electrons. The van der Waals surface area contributed by atoms with Crippen LogP contribution >= 0.6 is 0 Å². The van der Waals surface area contributed by atoms with E-state index in [1.54, 1.807) is 24.3 Å². The standard InChI is InChI=1S/C20H18N2O5/c23-19(9-8-15-5-2-1-3-6-15)21-11-10-20(24)26-14-16-13-18(27-22-16)17-7-4-12-25-17/h1-9,12-13H,10-11,14H2,(H,21,23)/b9-8+. The van der Waals surface area contributed by atoms with Gasteiger partial charge in [0.25, 0.3) is 0 Å². The predicted octanol–water partition coefficient (Wildman–Crippen LogP) is 3.20. The number of amides is 1. The molecule has 0 fully saturated rings. The number of esters is 1. The van der Waals surface area contributed by atoms with Crippen LogP contribution in [0.15, 0.2) is 69.8 Å². The van der Waals surface area contributed by atoms with Crippen LogP contribution in [0.25, 0.3) is 17.6 Å². The minimum Gasteiger partial charge on any atom is -0.461 e. The van der Waals surface area contributed by atoms with Crippen LogP contribution in [-0.2, 0) is 20.9 Å². The van der Waals surface area contributed by atoms with Gasteiger partial charge in [-0.1, -0.05) is 35.5 Å². The molecule has 0 aliphatic rings. The molecule has 0 bridgehead atoms. The fourth-order valence-corrected chi connectivity index (χ4v) is 2.22. The summed E-state index contributed by atoms with van der Waals surface area (Å²) in [6.45, 7) is 0.179. The largest absolute Gasteiger partial charge is 0.461 e. The van der Waals surface area contributed by atoms with Gasteiger partial charge in [0.05, 0.1) is 12.7 Å². The van der Waals surface area contributed by atoms with E-state index in [0.717, 1.165) is 5.56 Å². The highest BCUT2D eigenvalue weighted by Crippen LogP contribution is 2.20. The maximum atomic E-state index is 11.7. The zero-order valence-corrected chi connectivity index (χ0v) is 14.5. The van der Waals surface area contributed by atoms with Crippen LogP contribution in [0.5, 0.6) is 0 Å². The van der Waals surface area contributed by atoms with Crippen LogP contribution in [0, 0.1) is 0 Å². The molecule has 2 aromatic heterocycles. The zero-order valence-electron chi connectivity index (χ0n) is 14.5. The fourth-order valence-electron chi connectivity index (χ4n) is 2.22. The van der Waals surface area contributed by atoms with Crippen molar-refractivity contribution in [1.29, 1.82) is 0 Å². The van der Waals surface area contributed by atoms with Gasteiger partial charge in [-0.25, -0.2) is 0 Å². The van der Waals surface area contributed by atoms with Crippen LogP contribution < -0.4 is 5.32 Å². The second-order valence-electron chi connectivity index (χ2n) is 5.61. The Morgan fingerprint density at radius 3 is 2.74 bits per heavy atom. The summed E-state index contributed by atoms with van der Waals surface area (Å²) in [6.07, 6.45) is 4.72. The van der Waals surface area contributed by atoms with Gasteiger partial charge < -0.3 is 19.0 Å². The monoisotopic (exact) mass is 366 g/mol. The molecule has 1 amide bonds. The number of hydrogen-bond donors (Lipinski definition) is 1. The van der Waals surface area contributed by atoms with Crippen LogP contribution in [-0.4, -0.2) is 23.6 Å². The van der Waals surface area contributed by atoms with E-state index in [9.17, 15) is 9.59 Å². The number of furan rings is 1. The Morgan fingerprint density at radius 1 is 1.11 bits per heavy atom. The second kappa shape index (κ2) is 9.19. The molecule has 1 N–H and O–H groups in total. The van der Waals surface area contributed by atoms with Crippen molar-refractivity contribution in [3.63, 3.8) is 0 Å². The quantitative estimate of drug-likeness (QED) is 0.486. The summed E-state index contributed by atoms with van der Waals surface area (Å²) in [5, 5.41) is 6.45. The SMILES string of the molecule is O=C(/C=C/c1ccccc1)NCCC(=O)OCc1cc(-c2ccco2)on1. The molecule has 2 heterocycles. The molecule has 0 atom stereocenters. The average Bonchev–Trinajstić information content (AvgIpc) is 3.37. The first-order valence-corrected chi connectivity index (χ1v) is 8.37. The summed E-state index contributed by atoms with van der Waals surface area (Å²) in [7, 11) is 0. The van der Waals surface area contributed by atoms with Crippen molar-refractivity contribution in [3.05, 3.63) is 72.1 Å². The molecule has 0 aliphatic carbocycles.